The topological polar surface area (TPSA) is 24.1 Å². The Hall–Kier alpha value is -0.0800. The highest BCUT2D eigenvalue weighted by Gasteiger charge is 2.25. The molecule has 0 aromatic rings. The number of nitrogens with one attached hydrogen (secondary N) is 2. The first-order chi connectivity index (χ1) is 8.29. The summed E-state index contributed by atoms with van der Waals surface area (Å²) in [5.41, 5.74) is 0.461. The SMILES string of the molecule is CC1(NCCCC2CCCNC2)CCCCC1. The van der Waals surface area contributed by atoms with Crippen molar-refractivity contribution in [1.82, 2.24) is 10.6 Å². The van der Waals surface area contributed by atoms with E-state index in [0.717, 1.165) is 5.92 Å². The van der Waals surface area contributed by atoms with Crippen molar-refractivity contribution in [2.75, 3.05) is 19.6 Å². The van der Waals surface area contributed by atoms with Gasteiger partial charge in [0.05, 0.1) is 0 Å². The predicted octanol–water partition coefficient (Wildman–Crippen LogP) is 3.08. The highest BCUT2D eigenvalue weighted by molar-refractivity contribution is 4.86. The lowest BCUT2D eigenvalue weighted by Crippen LogP contribution is -2.44. The van der Waals surface area contributed by atoms with Gasteiger partial charge in [0.1, 0.15) is 0 Å². The molecule has 2 heteroatoms. The molecule has 2 N–H and O–H groups in total. The first-order valence-corrected chi connectivity index (χ1v) is 7.74. The van der Waals surface area contributed by atoms with Crippen molar-refractivity contribution in [1.29, 1.82) is 0 Å². The molecule has 1 unspecified atom stereocenters. The lowest BCUT2D eigenvalue weighted by molar-refractivity contribution is 0.248. The summed E-state index contributed by atoms with van der Waals surface area (Å²) >= 11 is 0. The molecule has 1 saturated heterocycles. The lowest BCUT2D eigenvalue weighted by atomic mass is 9.83. The molecule has 2 nitrogen and oxygen atoms in total. The van der Waals surface area contributed by atoms with E-state index in [1.807, 2.05) is 0 Å². The third-order valence-corrected chi connectivity index (χ3v) is 4.70. The summed E-state index contributed by atoms with van der Waals surface area (Å²) in [4.78, 5) is 0. The zero-order chi connectivity index (χ0) is 12.0. The van der Waals surface area contributed by atoms with Crippen LogP contribution in [0.2, 0.25) is 0 Å². The summed E-state index contributed by atoms with van der Waals surface area (Å²) in [6.45, 7) is 6.16. The van der Waals surface area contributed by atoms with Crippen LogP contribution in [0.15, 0.2) is 0 Å². The quantitative estimate of drug-likeness (QED) is 0.719. The van der Waals surface area contributed by atoms with E-state index < -0.39 is 0 Å². The summed E-state index contributed by atoms with van der Waals surface area (Å²) in [6, 6.07) is 0. The van der Waals surface area contributed by atoms with E-state index >= 15 is 0 Å². The smallest absolute Gasteiger partial charge is 0.0153 e. The van der Waals surface area contributed by atoms with E-state index in [2.05, 4.69) is 17.6 Å². The van der Waals surface area contributed by atoms with Crippen LogP contribution in [0, 0.1) is 5.92 Å². The summed E-state index contributed by atoms with van der Waals surface area (Å²) in [5, 5.41) is 7.33. The van der Waals surface area contributed by atoms with Gasteiger partial charge in [0.25, 0.3) is 0 Å². The average molecular weight is 238 g/mol. The van der Waals surface area contributed by atoms with Crippen molar-refractivity contribution in [3.63, 3.8) is 0 Å². The van der Waals surface area contributed by atoms with Crippen molar-refractivity contribution < 1.29 is 0 Å². The molecule has 1 aliphatic carbocycles. The molecule has 2 aliphatic rings. The zero-order valence-electron chi connectivity index (χ0n) is 11.6. The monoisotopic (exact) mass is 238 g/mol. The molecule has 2 rings (SSSR count). The summed E-state index contributed by atoms with van der Waals surface area (Å²) in [7, 11) is 0. The van der Waals surface area contributed by atoms with Gasteiger partial charge in [0.2, 0.25) is 0 Å². The maximum Gasteiger partial charge on any atom is 0.0153 e. The van der Waals surface area contributed by atoms with Crippen molar-refractivity contribution in [2.24, 2.45) is 5.92 Å². The largest absolute Gasteiger partial charge is 0.316 e. The van der Waals surface area contributed by atoms with Crippen LogP contribution in [0.3, 0.4) is 0 Å². The van der Waals surface area contributed by atoms with E-state index in [4.69, 9.17) is 0 Å². The van der Waals surface area contributed by atoms with Crippen LogP contribution in [-0.4, -0.2) is 25.2 Å². The molecule has 0 amide bonds. The molecule has 0 spiro atoms. The minimum absolute atomic E-state index is 0.461. The molecule has 0 bridgehead atoms. The van der Waals surface area contributed by atoms with E-state index in [9.17, 15) is 0 Å². The fourth-order valence-corrected chi connectivity index (χ4v) is 3.46. The van der Waals surface area contributed by atoms with Gasteiger partial charge in [0, 0.05) is 5.54 Å². The van der Waals surface area contributed by atoms with E-state index in [-0.39, 0.29) is 0 Å². The Morgan fingerprint density at radius 2 is 2.00 bits per heavy atom. The van der Waals surface area contributed by atoms with Crippen LogP contribution in [0.1, 0.15) is 64.7 Å². The third-order valence-electron chi connectivity index (χ3n) is 4.70. The lowest BCUT2D eigenvalue weighted by Gasteiger charge is -2.35. The molecule has 1 saturated carbocycles. The molecule has 1 heterocycles. The van der Waals surface area contributed by atoms with Crippen molar-refractivity contribution in [2.45, 2.75) is 70.3 Å². The minimum atomic E-state index is 0.461. The zero-order valence-corrected chi connectivity index (χ0v) is 11.6. The second-order valence-electron chi connectivity index (χ2n) is 6.40. The van der Waals surface area contributed by atoms with Crippen molar-refractivity contribution in [3.05, 3.63) is 0 Å². The second kappa shape index (κ2) is 6.75. The molecule has 17 heavy (non-hydrogen) atoms. The standard InChI is InChI=1S/C15H30N2/c1-15(9-3-2-4-10-15)17-12-6-8-14-7-5-11-16-13-14/h14,16-17H,2-13H2,1H3. The van der Waals surface area contributed by atoms with Gasteiger partial charge < -0.3 is 10.6 Å². The number of rotatable bonds is 5. The minimum Gasteiger partial charge on any atom is -0.316 e. The van der Waals surface area contributed by atoms with E-state index in [1.54, 1.807) is 0 Å². The molecule has 1 atom stereocenters. The maximum atomic E-state index is 3.82. The normalized spacial score (nSPS) is 29.1. The fourth-order valence-electron chi connectivity index (χ4n) is 3.46. The van der Waals surface area contributed by atoms with Gasteiger partial charge >= 0.3 is 0 Å². The van der Waals surface area contributed by atoms with Gasteiger partial charge in [0.15, 0.2) is 0 Å². The molecule has 1 aliphatic heterocycles. The van der Waals surface area contributed by atoms with Crippen LogP contribution in [-0.2, 0) is 0 Å². The third kappa shape index (κ3) is 4.59. The van der Waals surface area contributed by atoms with Gasteiger partial charge in [-0.05, 0) is 71.0 Å². The van der Waals surface area contributed by atoms with Crippen molar-refractivity contribution in [3.8, 4) is 0 Å². The average Bonchev–Trinajstić information content (AvgIpc) is 2.37. The molecule has 2 fully saturated rings. The maximum absolute atomic E-state index is 3.82. The van der Waals surface area contributed by atoms with Gasteiger partial charge in [-0.25, -0.2) is 0 Å². The highest BCUT2D eigenvalue weighted by Crippen LogP contribution is 2.27. The van der Waals surface area contributed by atoms with Gasteiger partial charge in [-0.1, -0.05) is 19.3 Å². The Labute approximate surface area is 107 Å². The number of hydrogen-bond acceptors (Lipinski definition) is 2. The first-order valence-electron chi connectivity index (χ1n) is 7.74. The molecule has 0 aromatic carbocycles. The van der Waals surface area contributed by atoms with Crippen molar-refractivity contribution >= 4 is 0 Å². The molecule has 0 aromatic heterocycles. The van der Waals surface area contributed by atoms with Crippen LogP contribution in [0.25, 0.3) is 0 Å². The molecule has 100 valence electrons. The van der Waals surface area contributed by atoms with Crippen LogP contribution < -0.4 is 10.6 Å². The molecular formula is C15H30N2. The summed E-state index contributed by atoms with van der Waals surface area (Å²) in [5.74, 6) is 0.949. The highest BCUT2D eigenvalue weighted by atomic mass is 15.0. The Bertz CT molecular complexity index is 203. The Morgan fingerprint density at radius 3 is 2.71 bits per heavy atom. The Morgan fingerprint density at radius 1 is 1.18 bits per heavy atom. The van der Waals surface area contributed by atoms with E-state index in [0.29, 0.717) is 5.54 Å². The molecular weight excluding hydrogens is 208 g/mol. The van der Waals surface area contributed by atoms with Gasteiger partial charge in [-0.3, -0.25) is 0 Å². The van der Waals surface area contributed by atoms with Crippen LogP contribution in [0.4, 0.5) is 0 Å². The second-order valence-corrected chi connectivity index (χ2v) is 6.40. The van der Waals surface area contributed by atoms with E-state index in [1.165, 1.54) is 77.4 Å². The van der Waals surface area contributed by atoms with Crippen LogP contribution in [0.5, 0.6) is 0 Å². The first kappa shape index (κ1) is 13.4. The van der Waals surface area contributed by atoms with Gasteiger partial charge in [-0.15, -0.1) is 0 Å². The van der Waals surface area contributed by atoms with Crippen LogP contribution >= 0.6 is 0 Å². The van der Waals surface area contributed by atoms with Gasteiger partial charge in [-0.2, -0.15) is 0 Å². The number of hydrogen-bond donors (Lipinski definition) is 2. The Balaban J connectivity index is 1.55. The summed E-state index contributed by atoms with van der Waals surface area (Å²) < 4.78 is 0. The molecule has 0 radical (unpaired) electrons. The number of piperidine rings is 1. The predicted molar refractivity (Wildman–Crippen MR) is 74.3 cm³/mol. The Kier molecular flexibility index (Phi) is 5.30. The summed E-state index contributed by atoms with van der Waals surface area (Å²) in [6.07, 6.45) is 12.7. The fraction of sp³-hybridized carbons (Fsp3) is 1.00.